The summed E-state index contributed by atoms with van der Waals surface area (Å²) in [6, 6.07) is 22.9. The molecule has 0 aliphatic carbocycles. The number of fused-ring (bicyclic) bond motifs is 6. The average Bonchev–Trinajstić information content (AvgIpc) is 2.67. The molecule has 5 aromatic carbocycles. The van der Waals surface area contributed by atoms with Crippen LogP contribution in [0.2, 0.25) is 0 Å². The van der Waals surface area contributed by atoms with Crippen LogP contribution in [0.3, 0.4) is 0 Å². The third-order valence-electron chi connectivity index (χ3n) is 5.37. The summed E-state index contributed by atoms with van der Waals surface area (Å²) in [7, 11) is -4.71. The van der Waals surface area contributed by atoms with Crippen LogP contribution in [0.5, 0.6) is 0 Å². The van der Waals surface area contributed by atoms with Crippen LogP contribution < -0.4 is 0 Å². The SMILES string of the molecule is Cc1c2ccc3ccccc3c2c(S(=O)(=O)[O-])c2c1ccc1ccccc12. The van der Waals surface area contributed by atoms with E-state index in [9.17, 15) is 13.0 Å². The Hall–Kier alpha value is -2.95. The maximum atomic E-state index is 12.5. The van der Waals surface area contributed by atoms with Crippen molar-refractivity contribution in [3.63, 3.8) is 0 Å². The van der Waals surface area contributed by atoms with Crippen molar-refractivity contribution in [3.8, 4) is 0 Å². The third-order valence-corrected chi connectivity index (χ3v) is 6.28. The molecule has 4 heteroatoms. The fourth-order valence-electron chi connectivity index (χ4n) is 4.18. The zero-order valence-electron chi connectivity index (χ0n) is 14.6. The van der Waals surface area contributed by atoms with Crippen LogP contribution in [0, 0.1) is 6.92 Å². The lowest BCUT2D eigenvalue weighted by Crippen LogP contribution is -2.03. The second kappa shape index (κ2) is 5.52. The molecule has 0 aromatic heterocycles. The first kappa shape index (κ1) is 16.2. The minimum Gasteiger partial charge on any atom is -0.744 e. The van der Waals surface area contributed by atoms with E-state index in [1.165, 1.54) is 0 Å². The van der Waals surface area contributed by atoms with Gasteiger partial charge in [0.05, 0.1) is 4.90 Å². The molecular formula is C23H15O3S-. The standard InChI is InChI=1S/C23H16O3S/c1-14-17-12-10-15-6-2-4-8-19(15)21(17)23(27(24,25)26)22-18(14)13-11-16-7-3-5-9-20(16)22/h2-13H,1H3,(H,24,25,26)/p-1. The van der Waals surface area contributed by atoms with Crippen LogP contribution in [0.1, 0.15) is 5.56 Å². The van der Waals surface area contributed by atoms with Gasteiger partial charge in [-0.25, -0.2) is 8.42 Å². The third kappa shape index (κ3) is 2.27. The van der Waals surface area contributed by atoms with Gasteiger partial charge in [0, 0.05) is 10.8 Å². The van der Waals surface area contributed by atoms with Gasteiger partial charge in [0.15, 0.2) is 0 Å². The van der Waals surface area contributed by atoms with Crippen molar-refractivity contribution in [2.75, 3.05) is 0 Å². The van der Waals surface area contributed by atoms with Crippen molar-refractivity contribution in [1.29, 1.82) is 0 Å². The predicted octanol–water partition coefficient (Wildman–Crippen LogP) is 5.51. The van der Waals surface area contributed by atoms with E-state index in [2.05, 4.69) is 0 Å². The Morgan fingerprint density at radius 2 is 1.07 bits per heavy atom. The van der Waals surface area contributed by atoms with Gasteiger partial charge in [0.1, 0.15) is 10.1 Å². The number of hydrogen-bond donors (Lipinski definition) is 0. The molecular weight excluding hydrogens is 356 g/mol. The van der Waals surface area contributed by atoms with Crippen LogP contribution in [0.25, 0.3) is 43.1 Å². The van der Waals surface area contributed by atoms with Crippen LogP contribution in [0.15, 0.2) is 77.7 Å². The molecule has 132 valence electrons. The molecule has 0 saturated carbocycles. The second-order valence-corrected chi connectivity index (χ2v) is 8.14. The molecule has 0 N–H and O–H groups in total. The highest BCUT2D eigenvalue weighted by Crippen LogP contribution is 2.41. The van der Waals surface area contributed by atoms with Crippen molar-refractivity contribution in [1.82, 2.24) is 0 Å². The van der Waals surface area contributed by atoms with Crippen molar-refractivity contribution < 1.29 is 13.0 Å². The fourth-order valence-corrected chi connectivity index (χ4v) is 5.12. The molecule has 27 heavy (non-hydrogen) atoms. The minimum absolute atomic E-state index is 0.119. The molecule has 0 radical (unpaired) electrons. The lowest BCUT2D eigenvalue weighted by Gasteiger charge is -2.20. The number of hydrogen-bond acceptors (Lipinski definition) is 3. The lowest BCUT2D eigenvalue weighted by atomic mass is 9.91. The number of benzene rings is 5. The van der Waals surface area contributed by atoms with Crippen LogP contribution in [0.4, 0.5) is 0 Å². The Morgan fingerprint density at radius 3 is 1.52 bits per heavy atom. The van der Waals surface area contributed by atoms with Crippen molar-refractivity contribution in [2.45, 2.75) is 11.8 Å². The van der Waals surface area contributed by atoms with Crippen molar-refractivity contribution in [2.24, 2.45) is 0 Å². The maximum absolute atomic E-state index is 12.5. The van der Waals surface area contributed by atoms with Gasteiger partial charge in [-0.15, -0.1) is 0 Å². The smallest absolute Gasteiger partial charge is 0.125 e. The van der Waals surface area contributed by atoms with E-state index in [0.29, 0.717) is 10.8 Å². The van der Waals surface area contributed by atoms with Crippen LogP contribution >= 0.6 is 0 Å². The Morgan fingerprint density at radius 1 is 0.630 bits per heavy atom. The molecule has 0 heterocycles. The molecule has 5 rings (SSSR count). The van der Waals surface area contributed by atoms with Gasteiger partial charge in [-0.2, -0.15) is 0 Å². The van der Waals surface area contributed by atoms with Crippen LogP contribution in [-0.4, -0.2) is 13.0 Å². The normalized spacial score (nSPS) is 12.4. The van der Waals surface area contributed by atoms with Gasteiger partial charge in [-0.1, -0.05) is 72.8 Å². The highest BCUT2D eigenvalue weighted by Gasteiger charge is 2.19. The van der Waals surface area contributed by atoms with E-state index in [-0.39, 0.29) is 4.90 Å². The molecule has 0 aliphatic heterocycles. The van der Waals surface area contributed by atoms with Crippen molar-refractivity contribution >= 4 is 53.2 Å². The summed E-state index contributed by atoms with van der Waals surface area (Å²) >= 11 is 0. The van der Waals surface area contributed by atoms with Gasteiger partial charge in [-0.3, -0.25) is 0 Å². The molecule has 0 aliphatic rings. The lowest BCUT2D eigenvalue weighted by molar-refractivity contribution is 0.465. The summed E-state index contributed by atoms with van der Waals surface area (Å²) in [6.45, 7) is 1.98. The van der Waals surface area contributed by atoms with E-state index in [4.69, 9.17) is 0 Å². The summed E-state index contributed by atoms with van der Waals surface area (Å²) < 4.78 is 37.5. The monoisotopic (exact) mass is 371 g/mol. The Balaban J connectivity index is 2.25. The molecule has 0 bridgehead atoms. The highest BCUT2D eigenvalue weighted by molar-refractivity contribution is 7.86. The first-order valence-electron chi connectivity index (χ1n) is 8.68. The van der Waals surface area contributed by atoms with E-state index >= 15 is 0 Å². The predicted molar refractivity (Wildman–Crippen MR) is 109 cm³/mol. The van der Waals surface area contributed by atoms with Crippen molar-refractivity contribution in [3.05, 3.63) is 78.4 Å². The maximum Gasteiger partial charge on any atom is 0.125 e. The fraction of sp³-hybridized carbons (Fsp3) is 0.0435. The summed E-state index contributed by atoms with van der Waals surface area (Å²) in [4.78, 5) is -0.119. The van der Waals surface area contributed by atoms with E-state index in [1.807, 2.05) is 79.7 Å². The second-order valence-electron chi connectivity index (χ2n) is 6.83. The van der Waals surface area contributed by atoms with E-state index < -0.39 is 10.1 Å². The minimum atomic E-state index is -4.71. The number of aryl methyl sites for hydroxylation is 1. The van der Waals surface area contributed by atoms with Gasteiger partial charge < -0.3 is 4.55 Å². The van der Waals surface area contributed by atoms with Crippen LogP contribution in [-0.2, 0) is 10.1 Å². The summed E-state index contributed by atoms with van der Waals surface area (Å²) in [5.74, 6) is 0. The average molecular weight is 371 g/mol. The van der Waals surface area contributed by atoms with E-state index in [0.717, 1.165) is 37.9 Å². The molecule has 0 fully saturated rings. The first-order chi connectivity index (χ1) is 13.0. The molecule has 0 saturated heterocycles. The topological polar surface area (TPSA) is 57.2 Å². The zero-order chi connectivity index (χ0) is 18.8. The van der Waals surface area contributed by atoms with E-state index in [1.54, 1.807) is 0 Å². The highest BCUT2D eigenvalue weighted by atomic mass is 32.2. The molecule has 0 amide bonds. The Kier molecular flexibility index (Phi) is 3.32. The van der Waals surface area contributed by atoms with Gasteiger partial charge in [-0.05, 0) is 44.8 Å². The van der Waals surface area contributed by atoms with Gasteiger partial charge >= 0.3 is 0 Å². The first-order valence-corrected chi connectivity index (χ1v) is 10.1. The molecule has 0 atom stereocenters. The molecule has 5 aromatic rings. The summed E-state index contributed by atoms with van der Waals surface area (Å²) in [5.41, 5.74) is 0.976. The summed E-state index contributed by atoms with van der Waals surface area (Å²) in [5, 5.41) is 6.01. The largest absolute Gasteiger partial charge is 0.744 e. The quantitative estimate of drug-likeness (QED) is 0.222. The molecule has 0 unspecified atom stereocenters. The molecule has 3 nitrogen and oxygen atoms in total. The van der Waals surface area contributed by atoms with Gasteiger partial charge in [0.2, 0.25) is 0 Å². The van der Waals surface area contributed by atoms with Gasteiger partial charge in [0.25, 0.3) is 0 Å². The Bertz CT molecular complexity index is 1400. The summed E-state index contributed by atoms with van der Waals surface area (Å²) in [6.07, 6.45) is 0. The Labute approximate surface area is 156 Å². The zero-order valence-corrected chi connectivity index (χ0v) is 15.4. The number of rotatable bonds is 1. The molecule has 0 spiro atoms.